The zero-order chi connectivity index (χ0) is 15.0. The van der Waals surface area contributed by atoms with Gasteiger partial charge in [0, 0.05) is 18.6 Å². The van der Waals surface area contributed by atoms with Gasteiger partial charge >= 0.3 is 0 Å². The number of rotatable bonds is 9. The molecule has 2 atom stereocenters. The topological polar surface area (TPSA) is 29.3 Å². The molecule has 0 heterocycles. The second-order valence-corrected chi connectivity index (χ2v) is 5.95. The van der Waals surface area contributed by atoms with Crippen molar-refractivity contribution in [3.63, 3.8) is 0 Å². The van der Waals surface area contributed by atoms with Crippen LogP contribution in [0.15, 0.2) is 24.3 Å². The molecular formula is C18H32N2. The maximum atomic E-state index is 6.34. The second kappa shape index (κ2) is 9.15. The van der Waals surface area contributed by atoms with Crippen molar-refractivity contribution < 1.29 is 0 Å². The molecule has 0 aliphatic rings. The first kappa shape index (κ1) is 17.2. The molecule has 0 spiro atoms. The molecule has 1 aromatic rings. The summed E-state index contributed by atoms with van der Waals surface area (Å²) in [5.41, 5.74) is 8.89. The highest BCUT2D eigenvalue weighted by atomic mass is 15.1. The lowest BCUT2D eigenvalue weighted by atomic mass is 10.0. The molecule has 0 aromatic heterocycles. The number of nitrogens with two attached hydrogens (primary N) is 1. The maximum Gasteiger partial charge on any atom is 0.0307 e. The highest BCUT2D eigenvalue weighted by molar-refractivity contribution is 5.23. The summed E-state index contributed by atoms with van der Waals surface area (Å²) in [7, 11) is 0. The molecule has 20 heavy (non-hydrogen) atoms. The van der Waals surface area contributed by atoms with Crippen molar-refractivity contribution in [2.24, 2.45) is 5.73 Å². The molecule has 0 amide bonds. The number of aryl methyl sites for hydroxylation is 1. The molecule has 1 rings (SSSR count). The largest absolute Gasteiger partial charge is 0.324 e. The van der Waals surface area contributed by atoms with Crippen molar-refractivity contribution in [2.45, 2.75) is 65.5 Å². The molecule has 2 unspecified atom stereocenters. The van der Waals surface area contributed by atoms with Gasteiger partial charge in [0.15, 0.2) is 0 Å². The highest BCUT2D eigenvalue weighted by Gasteiger charge is 2.14. The van der Waals surface area contributed by atoms with Crippen LogP contribution in [0.2, 0.25) is 0 Å². The third-order valence-electron chi connectivity index (χ3n) is 4.25. The van der Waals surface area contributed by atoms with E-state index in [0.717, 1.165) is 13.0 Å². The fourth-order valence-corrected chi connectivity index (χ4v) is 2.46. The summed E-state index contributed by atoms with van der Waals surface area (Å²) in [5.74, 6) is 0. The number of unbranched alkanes of at least 4 members (excludes halogenated alkanes) is 1. The molecule has 0 aliphatic heterocycles. The third kappa shape index (κ3) is 5.64. The summed E-state index contributed by atoms with van der Waals surface area (Å²) >= 11 is 0. The molecule has 0 radical (unpaired) electrons. The lowest BCUT2D eigenvalue weighted by Gasteiger charge is -2.29. The van der Waals surface area contributed by atoms with Crippen LogP contribution in [0.4, 0.5) is 0 Å². The minimum absolute atomic E-state index is 0.156. The maximum absolute atomic E-state index is 6.34. The van der Waals surface area contributed by atoms with Crippen LogP contribution in [0, 0.1) is 6.92 Å². The average molecular weight is 276 g/mol. The van der Waals surface area contributed by atoms with Gasteiger partial charge in [-0.3, -0.25) is 0 Å². The summed E-state index contributed by atoms with van der Waals surface area (Å²) in [6.07, 6.45) is 4.79. The van der Waals surface area contributed by atoms with Gasteiger partial charge in [-0.05, 0) is 45.2 Å². The van der Waals surface area contributed by atoms with Crippen LogP contribution < -0.4 is 5.73 Å². The Labute approximate surface area is 125 Å². The van der Waals surface area contributed by atoms with Crippen LogP contribution in [0.5, 0.6) is 0 Å². The van der Waals surface area contributed by atoms with Crippen molar-refractivity contribution in [3.8, 4) is 0 Å². The van der Waals surface area contributed by atoms with E-state index >= 15 is 0 Å². The standard InChI is InChI=1S/C18H32N2/c1-5-7-13-20(16(4)6-2)14-12-18(19)17-10-8-15(3)9-11-17/h8-11,16,18H,5-7,12-14,19H2,1-4H3. The number of nitrogens with zero attached hydrogens (tertiary/aromatic N) is 1. The first-order valence-corrected chi connectivity index (χ1v) is 8.14. The number of benzene rings is 1. The lowest BCUT2D eigenvalue weighted by Crippen LogP contribution is -2.35. The van der Waals surface area contributed by atoms with Crippen molar-refractivity contribution >= 4 is 0 Å². The molecule has 1 aromatic carbocycles. The van der Waals surface area contributed by atoms with Crippen molar-refractivity contribution in [2.75, 3.05) is 13.1 Å². The summed E-state index contributed by atoms with van der Waals surface area (Å²) in [5, 5.41) is 0. The smallest absolute Gasteiger partial charge is 0.0307 e. The Bertz CT molecular complexity index is 358. The summed E-state index contributed by atoms with van der Waals surface area (Å²) in [6, 6.07) is 9.45. The molecule has 0 saturated carbocycles. The monoisotopic (exact) mass is 276 g/mol. The summed E-state index contributed by atoms with van der Waals surface area (Å²) in [6.45, 7) is 11.3. The fraction of sp³-hybridized carbons (Fsp3) is 0.667. The molecule has 2 N–H and O–H groups in total. The molecular weight excluding hydrogens is 244 g/mol. The van der Waals surface area contributed by atoms with E-state index in [2.05, 4.69) is 56.9 Å². The van der Waals surface area contributed by atoms with E-state index in [-0.39, 0.29) is 6.04 Å². The van der Waals surface area contributed by atoms with Gasteiger partial charge in [-0.1, -0.05) is 50.1 Å². The van der Waals surface area contributed by atoms with Crippen LogP contribution in [-0.2, 0) is 0 Å². The fourth-order valence-electron chi connectivity index (χ4n) is 2.46. The predicted molar refractivity (Wildman–Crippen MR) is 89.0 cm³/mol. The normalized spacial score (nSPS) is 14.5. The van der Waals surface area contributed by atoms with Gasteiger partial charge < -0.3 is 10.6 Å². The molecule has 0 fully saturated rings. The van der Waals surface area contributed by atoms with Crippen molar-refractivity contribution in [1.82, 2.24) is 4.90 Å². The SMILES string of the molecule is CCCCN(CCC(N)c1ccc(C)cc1)C(C)CC. The van der Waals surface area contributed by atoms with Gasteiger partial charge in [-0.2, -0.15) is 0 Å². The summed E-state index contributed by atoms with van der Waals surface area (Å²) in [4.78, 5) is 2.59. The van der Waals surface area contributed by atoms with Gasteiger partial charge in [-0.25, -0.2) is 0 Å². The van der Waals surface area contributed by atoms with E-state index in [1.165, 1.54) is 36.9 Å². The highest BCUT2D eigenvalue weighted by Crippen LogP contribution is 2.17. The number of hydrogen-bond donors (Lipinski definition) is 1. The first-order chi connectivity index (χ1) is 9.58. The van der Waals surface area contributed by atoms with Gasteiger partial charge in [-0.15, -0.1) is 0 Å². The summed E-state index contributed by atoms with van der Waals surface area (Å²) < 4.78 is 0. The Balaban J connectivity index is 2.50. The van der Waals surface area contributed by atoms with Crippen LogP contribution in [0.3, 0.4) is 0 Å². The van der Waals surface area contributed by atoms with Crippen molar-refractivity contribution in [1.29, 1.82) is 0 Å². The van der Waals surface area contributed by atoms with E-state index in [1.54, 1.807) is 0 Å². The zero-order valence-corrected chi connectivity index (χ0v) is 13.7. The Hall–Kier alpha value is -0.860. The minimum atomic E-state index is 0.156. The van der Waals surface area contributed by atoms with Crippen LogP contribution in [0.1, 0.15) is 63.6 Å². The average Bonchev–Trinajstić information content (AvgIpc) is 2.47. The minimum Gasteiger partial charge on any atom is -0.324 e. The molecule has 2 nitrogen and oxygen atoms in total. The Morgan fingerprint density at radius 2 is 1.75 bits per heavy atom. The Morgan fingerprint density at radius 3 is 2.30 bits per heavy atom. The van der Waals surface area contributed by atoms with Gasteiger partial charge in [0.25, 0.3) is 0 Å². The van der Waals surface area contributed by atoms with E-state index in [0.29, 0.717) is 6.04 Å². The van der Waals surface area contributed by atoms with Gasteiger partial charge in [0.05, 0.1) is 0 Å². The van der Waals surface area contributed by atoms with Crippen LogP contribution >= 0.6 is 0 Å². The van der Waals surface area contributed by atoms with Crippen molar-refractivity contribution in [3.05, 3.63) is 35.4 Å². The van der Waals surface area contributed by atoms with Crippen LogP contribution in [-0.4, -0.2) is 24.0 Å². The first-order valence-electron chi connectivity index (χ1n) is 8.14. The third-order valence-corrected chi connectivity index (χ3v) is 4.25. The molecule has 0 saturated heterocycles. The molecule has 0 aliphatic carbocycles. The predicted octanol–water partition coefficient (Wildman–Crippen LogP) is 4.29. The molecule has 2 heteroatoms. The molecule has 114 valence electrons. The van der Waals surface area contributed by atoms with Crippen LogP contribution in [0.25, 0.3) is 0 Å². The Morgan fingerprint density at radius 1 is 1.10 bits per heavy atom. The zero-order valence-electron chi connectivity index (χ0n) is 13.7. The van der Waals surface area contributed by atoms with E-state index in [1.807, 2.05) is 0 Å². The Kier molecular flexibility index (Phi) is 7.86. The van der Waals surface area contributed by atoms with Gasteiger partial charge in [0.2, 0.25) is 0 Å². The van der Waals surface area contributed by atoms with E-state index in [9.17, 15) is 0 Å². The molecule has 0 bridgehead atoms. The van der Waals surface area contributed by atoms with E-state index in [4.69, 9.17) is 5.73 Å². The lowest BCUT2D eigenvalue weighted by molar-refractivity contribution is 0.194. The second-order valence-electron chi connectivity index (χ2n) is 5.95. The van der Waals surface area contributed by atoms with Gasteiger partial charge in [0.1, 0.15) is 0 Å². The quantitative estimate of drug-likeness (QED) is 0.729. The number of hydrogen-bond acceptors (Lipinski definition) is 2. The van der Waals surface area contributed by atoms with E-state index < -0.39 is 0 Å².